The molecule has 27 heavy (non-hydrogen) atoms. The van der Waals surface area contributed by atoms with E-state index < -0.39 is 0 Å². The average molecular weight is 367 g/mol. The second kappa shape index (κ2) is 7.50. The minimum Gasteiger partial charge on any atom is -0.348 e. The monoisotopic (exact) mass is 367 g/mol. The molecule has 2 aliphatic rings. The molecule has 2 amide bonds. The van der Waals surface area contributed by atoms with E-state index in [-0.39, 0.29) is 23.8 Å². The molecular weight excluding hydrogens is 342 g/mol. The van der Waals surface area contributed by atoms with E-state index in [1.54, 1.807) is 29.4 Å². The van der Waals surface area contributed by atoms with E-state index >= 15 is 0 Å². The van der Waals surface area contributed by atoms with Gasteiger partial charge in [0, 0.05) is 18.2 Å². The molecule has 0 atom stereocenters. The largest absolute Gasteiger partial charge is 0.348 e. The average Bonchev–Trinajstić information content (AvgIpc) is 3.41. The zero-order valence-electron chi connectivity index (χ0n) is 15.5. The maximum Gasteiger partial charge on any atom is 0.271 e. The van der Waals surface area contributed by atoms with Crippen LogP contribution < -0.4 is 10.6 Å². The molecule has 2 fully saturated rings. The molecule has 4 rings (SSSR count). The van der Waals surface area contributed by atoms with Crippen molar-refractivity contribution < 1.29 is 9.59 Å². The number of hydrogen-bond acceptors (Lipinski definition) is 4. The Morgan fingerprint density at radius 1 is 1.07 bits per heavy atom. The van der Waals surface area contributed by atoms with Crippen LogP contribution in [0.2, 0.25) is 0 Å². The number of imidazole rings is 1. The lowest BCUT2D eigenvalue weighted by Crippen LogP contribution is -2.37. The number of hydrogen-bond donors (Lipinski definition) is 2. The number of rotatable bonds is 5. The summed E-state index contributed by atoms with van der Waals surface area (Å²) in [6.07, 6.45) is 11.2. The number of anilines is 1. The molecule has 0 spiro atoms. The summed E-state index contributed by atoms with van der Waals surface area (Å²) < 4.78 is 1.71. The molecule has 2 aromatic rings. The van der Waals surface area contributed by atoms with E-state index in [4.69, 9.17) is 0 Å². The van der Waals surface area contributed by atoms with E-state index in [0.29, 0.717) is 17.2 Å². The van der Waals surface area contributed by atoms with Gasteiger partial charge < -0.3 is 10.6 Å². The molecule has 2 aliphatic carbocycles. The molecule has 2 N–H and O–H groups in total. The van der Waals surface area contributed by atoms with Crippen molar-refractivity contribution in [1.29, 1.82) is 0 Å². The predicted octanol–water partition coefficient (Wildman–Crippen LogP) is 2.92. The summed E-state index contributed by atoms with van der Waals surface area (Å²) in [5, 5.41) is 5.95. The van der Waals surface area contributed by atoms with Gasteiger partial charge in [-0.25, -0.2) is 9.97 Å². The zero-order valence-corrected chi connectivity index (χ0v) is 15.5. The second-order valence-electron chi connectivity index (χ2n) is 7.77. The van der Waals surface area contributed by atoms with E-state index in [2.05, 4.69) is 27.5 Å². The molecule has 7 nitrogen and oxygen atoms in total. The first kappa shape index (κ1) is 17.7. The van der Waals surface area contributed by atoms with Gasteiger partial charge >= 0.3 is 0 Å². The van der Waals surface area contributed by atoms with Crippen LogP contribution in [-0.4, -0.2) is 32.4 Å². The highest BCUT2D eigenvalue weighted by atomic mass is 16.2. The first-order valence-corrected chi connectivity index (χ1v) is 9.70. The fourth-order valence-corrected chi connectivity index (χ4v) is 3.43. The summed E-state index contributed by atoms with van der Waals surface area (Å²) in [4.78, 5) is 32.8. The van der Waals surface area contributed by atoms with Crippen molar-refractivity contribution in [2.45, 2.75) is 51.5 Å². The number of carbonyl (C=O) groups is 2. The standard InChI is InChI=1S/C20H25N5O2/c1-13-2-6-15(7-3-13)23-20(27)17-11-25(12-22-17)18-9-8-16(10-21-18)24-19(26)14-4-5-14/h8-15H,2-7H2,1H3,(H,23,27)(H,24,26). The minimum absolute atomic E-state index is 0.0586. The third-order valence-electron chi connectivity index (χ3n) is 5.39. The lowest BCUT2D eigenvalue weighted by Gasteiger charge is -2.26. The van der Waals surface area contributed by atoms with Crippen LogP contribution in [0.5, 0.6) is 0 Å². The first-order valence-electron chi connectivity index (χ1n) is 9.70. The number of pyridine rings is 1. The van der Waals surface area contributed by atoms with Crippen LogP contribution in [0, 0.1) is 11.8 Å². The number of aromatic nitrogens is 3. The fraction of sp³-hybridized carbons (Fsp3) is 0.500. The Morgan fingerprint density at radius 3 is 2.52 bits per heavy atom. The maximum atomic E-state index is 12.4. The third-order valence-corrected chi connectivity index (χ3v) is 5.39. The van der Waals surface area contributed by atoms with Crippen LogP contribution in [0.4, 0.5) is 5.69 Å². The number of amides is 2. The second-order valence-corrected chi connectivity index (χ2v) is 7.77. The molecule has 142 valence electrons. The van der Waals surface area contributed by atoms with E-state index in [1.165, 1.54) is 0 Å². The molecule has 0 aliphatic heterocycles. The normalized spacial score (nSPS) is 22.3. The van der Waals surface area contributed by atoms with Crippen molar-refractivity contribution in [2.75, 3.05) is 5.32 Å². The van der Waals surface area contributed by atoms with Crippen LogP contribution in [0.1, 0.15) is 55.9 Å². The van der Waals surface area contributed by atoms with E-state index in [1.807, 2.05) is 6.07 Å². The number of nitrogens with one attached hydrogen (secondary N) is 2. The van der Waals surface area contributed by atoms with E-state index in [0.717, 1.165) is 44.4 Å². The Kier molecular flexibility index (Phi) is 4.92. The molecule has 2 saturated carbocycles. The van der Waals surface area contributed by atoms with Crippen molar-refractivity contribution in [3.8, 4) is 5.82 Å². The first-order chi connectivity index (χ1) is 13.1. The molecule has 0 saturated heterocycles. The fourth-order valence-electron chi connectivity index (χ4n) is 3.43. The predicted molar refractivity (Wildman–Crippen MR) is 102 cm³/mol. The van der Waals surface area contributed by atoms with Gasteiger partial charge in [0.05, 0.1) is 11.9 Å². The maximum absolute atomic E-state index is 12.4. The van der Waals surface area contributed by atoms with Gasteiger partial charge in [0.15, 0.2) is 0 Å². The highest BCUT2D eigenvalue weighted by Crippen LogP contribution is 2.30. The van der Waals surface area contributed by atoms with Crippen LogP contribution in [0.3, 0.4) is 0 Å². The molecule has 0 radical (unpaired) electrons. The summed E-state index contributed by atoms with van der Waals surface area (Å²) in [7, 11) is 0. The SMILES string of the molecule is CC1CCC(NC(=O)c2cn(-c3ccc(NC(=O)C4CC4)cn3)cn2)CC1. The van der Waals surface area contributed by atoms with Crippen LogP contribution in [0.15, 0.2) is 30.9 Å². The van der Waals surface area contributed by atoms with Crippen molar-refractivity contribution in [3.63, 3.8) is 0 Å². The minimum atomic E-state index is -0.137. The molecule has 0 unspecified atom stereocenters. The van der Waals surface area contributed by atoms with Crippen LogP contribution in [-0.2, 0) is 4.79 Å². The number of carbonyl (C=O) groups excluding carboxylic acids is 2. The van der Waals surface area contributed by atoms with Gasteiger partial charge in [-0.1, -0.05) is 6.92 Å². The van der Waals surface area contributed by atoms with Crippen LogP contribution >= 0.6 is 0 Å². The summed E-state index contributed by atoms with van der Waals surface area (Å²) >= 11 is 0. The molecule has 0 aromatic carbocycles. The quantitative estimate of drug-likeness (QED) is 0.850. The van der Waals surface area contributed by atoms with Crippen molar-refractivity contribution >= 4 is 17.5 Å². The lowest BCUT2D eigenvalue weighted by molar-refractivity contribution is -0.117. The Labute approximate surface area is 158 Å². The highest BCUT2D eigenvalue weighted by Gasteiger charge is 2.29. The van der Waals surface area contributed by atoms with Gasteiger partial charge in [-0.2, -0.15) is 0 Å². The Hall–Kier alpha value is -2.70. The van der Waals surface area contributed by atoms with Gasteiger partial charge in [0.25, 0.3) is 5.91 Å². The molecule has 0 bridgehead atoms. The van der Waals surface area contributed by atoms with Crippen LogP contribution in [0.25, 0.3) is 5.82 Å². The lowest BCUT2D eigenvalue weighted by atomic mass is 9.87. The zero-order chi connectivity index (χ0) is 18.8. The van der Waals surface area contributed by atoms with Gasteiger partial charge in [-0.3, -0.25) is 14.2 Å². The van der Waals surface area contributed by atoms with Crippen molar-refractivity contribution in [3.05, 3.63) is 36.5 Å². The number of nitrogens with zero attached hydrogens (tertiary/aromatic N) is 3. The summed E-state index contributed by atoms with van der Waals surface area (Å²) in [5.74, 6) is 1.48. The smallest absolute Gasteiger partial charge is 0.271 e. The summed E-state index contributed by atoms with van der Waals surface area (Å²) in [6, 6.07) is 3.85. The third kappa shape index (κ3) is 4.35. The Morgan fingerprint density at radius 2 is 1.85 bits per heavy atom. The summed E-state index contributed by atoms with van der Waals surface area (Å²) in [5.41, 5.74) is 1.07. The van der Waals surface area contributed by atoms with Gasteiger partial charge in [-0.15, -0.1) is 0 Å². The van der Waals surface area contributed by atoms with Crippen molar-refractivity contribution in [1.82, 2.24) is 19.9 Å². The van der Waals surface area contributed by atoms with Gasteiger partial charge in [0.1, 0.15) is 17.8 Å². The van der Waals surface area contributed by atoms with Gasteiger partial charge in [-0.05, 0) is 56.6 Å². The Balaban J connectivity index is 1.36. The topological polar surface area (TPSA) is 88.9 Å². The molecular formula is C20H25N5O2. The summed E-state index contributed by atoms with van der Waals surface area (Å²) in [6.45, 7) is 2.26. The highest BCUT2D eigenvalue weighted by molar-refractivity contribution is 5.94. The molecule has 2 aromatic heterocycles. The molecule has 7 heteroatoms. The Bertz CT molecular complexity index is 817. The van der Waals surface area contributed by atoms with E-state index in [9.17, 15) is 9.59 Å². The van der Waals surface area contributed by atoms with Gasteiger partial charge in [0.2, 0.25) is 5.91 Å². The molecule has 2 heterocycles. The van der Waals surface area contributed by atoms with Crippen molar-refractivity contribution in [2.24, 2.45) is 11.8 Å².